The first-order valence-corrected chi connectivity index (χ1v) is 27.9. The van der Waals surface area contributed by atoms with Crippen LogP contribution >= 0.6 is 11.3 Å². The Morgan fingerprint density at radius 3 is 1.36 bits per heavy atom. The van der Waals surface area contributed by atoms with Crippen LogP contribution in [-0.4, -0.2) is 6.71 Å². The third kappa shape index (κ3) is 8.99. The van der Waals surface area contributed by atoms with Crippen LogP contribution in [0.2, 0.25) is 0 Å². The maximum Gasteiger partial charge on any atom is 0.254 e. The van der Waals surface area contributed by atoms with Crippen LogP contribution in [0.1, 0.15) is 132 Å². The minimum absolute atomic E-state index is 0.00607. The summed E-state index contributed by atoms with van der Waals surface area (Å²) in [7, 11) is 0. The number of nitrogens with zero attached hydrogens (tertiary/aromatic N) is 3. The molecule has 0 spiro atoms. The summed E-state index contributed by atoms with van der Waals surface area (Å²) in [6, 6.07) is 67.7. The quantitative estimate of drug-likeness (QED) is 0.154. The van der Waals surface area contributed by atoms with E-state index in [2.05, 4.69) is 294 Å². The normalized spacial score (nSPS) is 13.7. The van der Waals surface area contributed by atoms with Gasteiger partial charge >= 0.3 is 0 Å². The molecule has 3 nitrogen and oxygen atoms in total. The van der Waals surface area contributed by atoms with Gasteiger partial charge in [0.2, 0.25) is 0 Å². The van der Waals surface area contributed by atoms with Crippen molar-refractivity contribution in [3.63, 3.8) is 0 Å². The minimum atomic E-state index is -0.0705. The van der Waals surface area contributed by atoms with Crippen molar-refractivity contribution in [2.75, 3.05) is 14.7 Å². The molecule has 0 saturated heterocycles. The average molecular weight is 1000 g/mol. The van der Waals surface area contributed by atoms with Crippen molar-refractivity contribution in [3.8, 4) is 11.1 Å². The zero-order valence-corrected chi connectivity index (χ0v) is 47.9. The summed E-state index contributed by atoms with van der Waals surface area (Å²) in [5, 5.41) is 2.61. The van der Waals surface area contributed by atoms with Gasteiger partial charge in [0.05, 0.1) is 16.4 Å². The van der Waals surface area contributed by atoms with Gasteiger partial charge in [-0.2, -0.15) is 0 Å². The SMILES string of the molecule is CC(C)(C)c1ccc(-c2cc(C(C)(C)C)ccc2N2c3cc(N(c4ccccc4)c4ccccc4)cc4c3B(c3cc(C(C)(C)C)ccc3N4c3ccc(C(C)(C)C)cc3)c3c2sc2ccc(C(C)(C)C)cc32)cc1. The largest absolute Gasteiger partial charge is 0.311 e. The summed E-state index contributed by atoms with van der Waals surface area (Å²) >= 11 is 1.95. The molecule has 5 heteroatoms. The van der Waals surface area contributed by atoms with Gasteiger partial charge in [-0.1, -0.05) is 207 Å². The van der Waals surface area contributed by atoms with Gasteiger partial charge in [-0.25, -0.2) is 0 Å². The van der Waals surface area contributed by atoms with E-state index in [0.29, 0.717) is 0 Å². The first-order chi connectivity index (χ1) is 35.4. The van der Waals surface area contributed by atoms with Crippen molar-refractivity contribution >= 4 is 95.0 Å². The number of rotatable bonds is 6. The second kappa shape index (κ2) is 17.9. The summed E-state index contributed by atoms with van der Waals surface area (Å²) in [6.45, 7) is 34.9. The number of hydrogen-bond donors (Lipinski definition) is 0. The molecule has 8 aromatic carbocycles. The van der Waals surface area contributed by atoms with Crippen LogP contribution < -0.4 is 31.1 Å². The second-order valence-corrected chi connectivity index (χ2v) is 27.5. The fraction of sp³-hybridized carbons (Fsp3) is 0.286. The van der Waals surface area contributed by atoms with Crippen molar-refractivity contribution in [3.05, 3.63) is 204 Å². The molecule has 0 aliphatic carbocycles. The lowest BCUT2D eigenvalue weighted by atomic mass is 9.33. The monoisotopic (exact) mass is 1000 g/mol. The first kappa shape index (κ1) is 50.3. The van der Waals surface area contributed by atoms with Crippen molar-refractivity contribution in [1.29, 1.82) is 0 Å². The molecule has 11 rings (SSSR count). The highest BCUT2D eigenvalue weighted by Crippen LogP contribution is 2.53. The number of fused-ring (bicyclic) bond motifs is 6. The molecule has 0 saturated carbocycles. The van der Waals surface area contributed by atoms with E-state index >= 15 is 0 Å². The van der Waals surface area contributed by atoms with E-state index in [1.54, 1.807) is 0 Å². The van der Waals surface area contributed by atoms with Gasteiger partial charge in [-0.15, -0.1) is 11.3 Å². The Labute approximate surface area is 453 Å². The molecule has 0 bridgehead atoms. The molecular formula is C70H74BN3S. The summed E-state index contributed by atoms with van der Waals surface area (Å²) in [5.41, 5.74) is 22.2. The first-order valence-electron chi connectivity index (χ1n) is 27.1. The lowest BCUT2D eigenvalue weighted by Gasteiger charge is -2.45. The van der Waals surface area contributed by atoms with Crippen LogP contribution in [0, 0.1) is 0 Å². The number of hydrogen-bond acceptors (Lipinski definition) is 4. The van der Waals surface area contributed by atoms with Crippen molar-refractivity contribution in [1.82, 2.24) is 0 Å². The highest BCUT2D eigenvalue weighted by molar-refractivity contribution is 7.26. The predicted molar refractivity (Wildman–Crippen MR) is 329 cm³/mol. The fourth-order valence-corrected chi connectivity index (χ4v) is 12.6. The average Bonchev–Trinajstić information content (AvgIpc) is 3.91. The maximum atomic E-state index is 2.68. The lowest BCUT2D eigenvalue weighted by Crippen LogP contribution is -2.61. The molecular weight excluding hydrogens is 926 g/mol. The summed E-state index contributed by atoms with van der Waals surface area (Å²) in [6.07, 6.45) is 0. The molecule has 1 aromatic heterocycles. The summed E-state index contributed by atoms with van der Waals surface area (Å²) < 4.78 is 1.30. The summed E-state index contributed by atoms with van der Waals surface area (Å²) in [5.74, 6) is 0. The fourth-order valence-electron chi connectivity index (χ4n) is 11.4. The Hall–Kier alpha value is -6.82. The third-order valence-corrected chi connectivity index (χ3v) is 17.0. The molecule has 0 atom stereocenters. The van der Waals surface area contributed by atoms with Crippen molar-refractivity contribution in [2.24, 2.45) is 0 Å². The van der Waals surface area contributed by atoms with Crippen LogP contribution in [0.25, 0.3) is 21.2 Å². The van der Waals surface area contributed by atoms with E-state index in [1.165, 1.54) is 93.2 Å². The molecule has 75 heavy (non-hydrogen) atoms. The van der Waals surface area contributed by atoms with E-state index in [0.717, 1.165) is 22.7 Å². The van der Waals surface area contributed by atoms with E-state index in [1.807, 2.05) is 11.3 Å². The minimum Gasteiger partial charge on any atom is -0.311 e. The molecule has 0 amide bonds. The van der Waals surface area contributed by atoms with E-state index in [4.69, 9.17) is 0 Å². The zero-order chi connectivity index (χ0) is 53.1. The second-order valence-electron chi connectivity index (χ2n) is 26.4. The molecule has 0 radical (unpaired) electrons. The zero-order valence-electron chi connectivity index (χ0n) is 47.1. The van der Waals surface area contributed by atoms with E-state index in [9.17, 15) is 0 Å². The van der Waals surface area contributed by atoms with Crippen LogP contribution in [0.5, 0.6) is 0 Å². The van der Waals surface area contributed by atoms with Gasteiger partial charge in [0, 0.05) is 44.4 Å². The van der Waals surface area contributed by atoms with Gasteiger partial charge < -0.3 is 14.7 Å². The topological polar surface area (TPSA) is 9.72 Å². The number of benzene rings is 8. The van der Waals surface area contributed by atoms with Gasteiger partial charge in [-0.3, -0.25) is 0 Å². The van der Waals surface area contributed by atoms with Gasteiger partial charge in [0.25, 0.3) is 6.71 Å². The third-order valence-electron chi connectivity index (χ3n) is 15.8. The smallest absolute Gasteiger partial charge is 0.254 e. The number of para-hydroxylation sites is 2. The highest BCUT2D eigenvalue weighted by Gasteiger charge is 2.47. The molecule has 9 aromatic rings. The van der Waals surface area contributed by atoms with Crippen LogP contribution in [0.3, 0.4) is 0 Å². The lowest BCUT2D eigenvalue weighted by molar-refractivity contribution is 0.590. The van der Waals surface area contributed by atoms with Gasteiger partial charge in [-0.05, 0) is 155 Å². The Kier molecular flexibility index (Phi) is 12.0. The van der Waals surface area contributed by atoms with Crippen molar-refractivity contribution < 1.29 is 0 Å². The van der Waals surface area contributed by atoms with Crippen LogP contribution in [0.4, 0.5) is 50.5 Å². The standard InChI is InChI=1S/C70H74BN3S/c1-66(2,3)46-28-26-45(27-29-46)55-40-48(68(7,8)9)32-37-58(55)74-61-44-54(72(51-22-18-16-19-23-51)52-24-20-17-21-25-52)43-60-64(61)71(63-56-41-49(69(10,11)12)34-39-62(56)75-65(63)74)57-42-50(70(13,14)15)33-38-59(57)73(60)53-35-30-47(31-36-53)67(4,5)6/h16-44H,1-15H3. The van der Waals surface area contributed by atoms with Crippen LogP contribution in [-0.2, 0) is 27.1 Å². The molecule has 0 fully saturated rings. The molecule has 2 aliphatic heterocycles. The van der Waals surface area contributed by atoms with Gasteiger partial charge in [0.15, 0.2) is 0 Å². The van der Waals surface area contributed by atoms with E-state index < -0.39 is 0 Å². The Morgan fingerprint density at radius 2 is 0.827 bits per heavy atom. The Balaban J connectivity index is 1.32. The molecule has 378 valence electrons. The van der Waals surface area contributed by atoms with Gasteiger partial charge in [0.1, 0.15) is 0 Å². The molecule has 3 heterocycles. The molecule has 0 unspecified atom stereocenters. The predicted octanol–water partition coefficient (Wildman–Crippen LogP) is 18.6. The highest BCUT2D eigenvalue weighted by atomic mass is 32.1. The number of thiophene rings is 1. The maximum absolute atomic E-state index is 2.68. The molecule has 0 N–H and O–H groups in total. The Bertz CT molecular complexity index is 3570. The summed E-state index contributed by atoms with van der Waals surface area (Å²) in [4.78, 5) is 7.73. The van der Waals surface area contributed by atoms with E-state index in [-0.39, 0.29) is 33.8 Å². The Morgan fingerprint density at radius 1 is 0.373 bits per heavy atom. The number of anilines is 9. The van der Waals surface area contributed by atoms with Crippen molar-refractivity contribution in [2.45, 2.75) is 131 Å². The molecule has 2 aliphatic rings. The van der Waals surface area contributed by atoms with Crippen LogP contribution in [0.15, 0.2) is 176 Å².